The van der Waals surface area contributed by atoms with Gasteiger partial charge in [0.1, 0.15) is 0 Å². The van der Waals surface area contributed by atoms with Crippen molar-refractivity contribution in [1.29, 1.82) is 0 Å². The Balaban J connectivity index is 2.53. The molecule has 0 radical (unpaired) electrons. The van der Waals surface area contributed by atoms with Crippen LogP contribution in [0.4, 0.5) is 5.69 Å². The Morgan fingerprint density at radius 1 is 1.46 bits per heavy atom. The molecule has 0 saturated carbocycles. The van der Waals surface area contributed by atoms with Gasteiger partial charge >= 0.3 is 0 Å². The zero-order valence-corrected chi connectivity index (χ0v) is 7.90. The van der Waals surface area contributed by atoms with E-state index in [1.807, 2.05) is 31.3 Å². The van der Waals surface area contributed by atoms with Crippen molar-refractivity contribution < 1.29 is 5.11 Å². The van der Waals surface area contributed by atoms with Crippen molar-refractivity contribution in [3.8, 4) is 0 Å². The van der Waals surface area contributed by atoms with Gasteiger partial charge in [-0.05, 0) is 24.7 Å². The smallest absolute Gasteiger partial charge is 0.0558 e. The maximum absolute atomic E-state index is 8.70. The highest BCUT2D eigenvalue weighted by molar-refractivity contribution is 5.40. The van der Waals surface area contributed by atoms with Crippen LogP contribution in [0.15, 0.2) is 24.3 Å². The molecule has 0 saturated heterocycles. The molecule has 0 aliphatic rings. The zero-order chi connectivity index (χ0) is 9.68. The molecule has 0 spiro atoms. The first-order valence-corrected chi connectivity index (χ1v) is 4.36. The Bertz CT molecular complexity index is 263. The molecule has 0 aliphatic carbocycles. The van der Waals surface area contributed by atoms with Gasteiger partial charge in [0.25, 0.3) is 0 Å². The first-order chi connectivity index (χ1) is 6.22. The van der Waals surface area contributed by atoms with E-state index in [1.165, 1.54) is 5.56 Å². The molecule has 72 valence electrons. The standard InChI is InChI=1S/C10H16N2O/c1-12(5-6-13)8-9-3-2-4-10(11)7-9/h2-4,7,13H,5-6,8,11H2,1H3. The van der Waals surface area contributed by atoms with Crippen molar-refractivity contribution in [1.82, 2.24) is 4.90 Å². The van der Waals surface area contributed by atoms with E-state index in [4.69, 9.17) is 10.8 Å². The molecule has 0 bridgehead atoms. The molecule has 0 aliphatic heterocycles. The second-order valence-corrected chi connectivity index (χ2v) is 3.21. The molecule has 3 nitrogen and oxygen atoms in total. The van der Waals surface area contributed by atoms with Crippen molar-refractivity contribution in [3.05, 3.63) is 29.8 Å². The average Bonchev–Trinajstić information content (AvgIpc) is 2.04. The molecule has 0 aromatic heterocycles. The number of rotatable bonds is 4. The number of aliphatic hydroxyl groups is 1. The van der Waals surface area contributed by atoms with Crippen molar-refractivity contribution >= 4 is 5.69 Å². The van der Waals surface area contributed by atoms with Gasteiger partial charge in [-0.25, -0.2) is 0 Å². The van der Waals surface area contributed by atoms with E-state index in [0.29, 0.717) is 6.54 Å². The second-order valence-electron chi connectivity index (χ2n) is 3.21. The Kier molecular flexibility index (Phi) is 3.73. The maximum Gasteiger partial charge on any atom is 0.0558 e. The molecule has 1 aromatic carbocycles. The molecule has 3 N–H and O–H groups in total. The van der Waals surface area contributed by atoms with Crippen LogP contribution in [0.5, 0.6) is 0 Å². The van der Waals surface area contributed by atoms with E-state index in [1.54, 1.807) is 0 Å². The first-order valence-electron chi connectivity index (χ1n) is 4.36. The van der Waals surface area contributed by atoms with Crippen LogP contribution in [0.25, 0.3) is 0 Å². The fourth-order valence-electron chi connectivity index (χ4n) is 1.25. The van der Waals surface area contributed by atoms with Gasteiger partial charge in [-0.3, -0.25) is 4.90 Å². The van der Waals surface area contributed by atoms with E-state index >= 15 is 0 Å². The van der Waals surface area contributed by atoms with Crippen LogP contribution >= 0.6 is 0 Å². The van der Waals surface area contributed by atoms with Gasteiger partial charge in [0.15, 0.2) is 0 Å². The van der Waals surface area contributed by atoms with Gasteiger partial charge in [0.05, 0.1) is 6.61 Å². The average molecular weight is 180 g/mol. The van der Waals surface area contributed by atoms with Gasteiger partial charge < -0.3 is 10.8 Å². The van der Waals surface area contributed by atoms with Crippen molar-refractivity contribution in [2.75, 3.05) is 25.9 Å². The number of hydrogen-bond donors (Lipinski definition) is 2. The lowest BCUT2D eigenvalue weighted by Gasteiger charge is -2.14. The lowest BCUT2D eigenvalue weighted by Crippen LogP contribution is -2.21. The van der Waals surface area contributed by atoms with Gasteiger partial charge in [-0.1, -0.05) is 12.1 Å². The fraction of sp³-hybridized carbons (Fsp3) is 0.400. The van der Waals surface area contributed by atoms with E-state index in [2.05, 4.69) is 4.90 Å². The molecule has 3 heteroatoms. The summed E-state index contributed by atoms with van der Waals surface area (Å²) in [5.74, 6) is 0. The minimum atomic E-state index is 0.193. The van der Waals surface area contributed by atoms with Gasteiger partial charge in [0, 0.05) is 18.8 Å². The van der Waals surface area contributed by atoms with Crippen molar-refractivity contribution in [3.63, 3.8) is 0 Å². The minimum absolute atomic E-state index is 0.193. The number of aliphatic hydroxyl groups excluding tert-OH is 1. The largest absolute Gasteiger partial charge is 0.399 e. The van der Waals surface area contributed by atoms with E-state index in [9.17, 15) is 0 Å². The predicted octanol–water partition coefficient (Wildman–Crippen LogP) is 0.693. The van der Waals surface area contributed by atoms with E-state index in [-0.39, 0.29) is 6.61 Å². The topological polar surface area (TPSA) is 49.5 Å². The Hall–Kier alpha value is -1.06. The van der Waals surface area contributed by atoms with Crippen LogP contribution in [0.1, 0.15) is 5.56 Å². The Morgan fingerprint density at radius 2 is 2.23 bits per heavy atom. The third kappa shape index (κ3) is 3.44. The van der Waals surface area contributed by atoms with Gasteiger partial charge in [-0.2, -0.15) is 0 Å². The number of likely N-dealkylation sites (N-methyl/N-ethyl adjacent to an activating group) is 1. The third-order valence-electron chi connectivity index (χ3n) is 1.89. The summed E-state index contributed by atoms with van der Waals surface area (Å²) < 4.78 is 0. The molecular formula is C10H16N2O. The summed E-state index contributed by atoms with van der Waals surface area (Å²) in [6.45, 7) is 1.71. The molecule has 0 atom stereocenters. The zero-order valence-electron chi connectivity index (χ0n) is 7.90. The number of nitrogen functional groups attached to an aromatic ring is 1. The number of anilines is 1. The second kappa shape index (κ2) is 4.84. The number of benzene rings is 1. The minimum Gasteiger partial charge on any atom is -0.399 e. The summed E-state index contributed by atoms with van der Waals surface area (Å²) in [6.07, 6.45) is 0. The SMILES string of the molecule is CN(CCO)Cc1cccc(N)c1. The molecular weight excluding hydrogens is 164 g/mol. The molecule has 0 fully saturated rings. The van der Waals surface area contributed by atoms with Crippen LogP contribution in [0, 0.1) is 0 Å². The van der Waals surface area contributed by atoms with Gasteiger partial charge in [0.2, 0.25) is 0 Å². The van der Waals surface area contributed by atoms with E-state index in [0.717, 1.165) is 12.2 Å². The third-order valence-corrected chi connectivity index (χ3v) is 1.89. The molecule has 13 heavy (non-hydrogen) atoms. The predicted molar refractivity (Wildman–Crippen MR) is 54.3 cm³/mol. The fourth-order valence-corrected chi connectivity index (χ4v) is 1.25. The molecule has 0 amide bonds. The maximum atomic E-state index is 8.70. The van der Waals surface area contributed by atoms with Gasteiger partial charge in [-0.15, -0.1) is 0 Å². The Morgan fingerprint density at radius 3 is 2.85 bits per heavy atom. The number of hydrogen-bond acceptors (Lipinski definition) is 3. The lowest BCUT2D eigenvalue weighted by atomic mass is 10.2. The highest BCUT2D eigenvalue weighted by Gasteiger charge is 1.98. The van der Waals surface area contributed by atoms with Crippen LogP contribution < -0.4 is 5.73 Å². The summed E-state index contributed by atoms with van der Waals surface area (Å²) in [5.41, 5.74) is 7.60. The summed E-state index contributed by atoms with van der Waals surface area (Å²) in [4.78, 5) is 2.05. The molecule has 0 heterocycles. The van der Waals surface area contributed by atoms with Crippen LogP contribution in [-0.4, -0.2) is 30.2 Å². The molecule has 1 rings (SSSR count). The first kappa shape index (κ1) is 10.0. The highest BCUT2D eigenvalue weighted by Crippen LogP contribution is 2.08. The summed E-state index contributed by atoms with van der Waals surface area (Å²) in [5, 5.41) is 8.70. The lowest BCUT2D eigenvalue weighted by molar-refractivity contribution is 0.217. The van der Waals surface area contributed by atoms with Crippen molar-refractivity contribution in [2.45, 2.75) is 6.54 Å². The molecule has 1 aromatic rings. The summed E-state index contributed by atoms with van der Waals surface area (Å²) in [7, 11) is 1.97. The van der Waals surface area contributed by atoms with Crippen LogP contribution in [0.2, 0.25) is 0 Å². The quantitative estimate of drug-likeness (QED) is 0.670. The summed E-state index contributed by atoms with van der Waals surface area (Å²) in [6, 6.07) is 7.80. The van der Waals surface area contributed by atoms with E-state index < -0.39 is 0 Å². The van der Waals surface area contributed by atoms with Crippen LogP contribution in [-0.2, 0) is 6.54 Å². The van der Waals surface area contributed by atoms with Crippen molar-refractivity contribution in [2.24, 2.45) is 0 Å². The number of nitrogens with two attached hydrogens (primary N) is 1. The highest BCUT2D eigenvalue weighted by atomic mass is 16.3. The molecule has 0 unspecified atom stereocenters. The monoisotopic (exact) mass is 180 g/mol. The van der Waals surface area contributed by atoms with Crippen LogP contribution in [0.3, 0.4) is 0 Å². The number of nitrogens with zero attached hydrogens (tertiary/aromatic N) is 1. The normalized spacial score (nSPS) is 10.7. The summed E-state index contributed by atoms with van der Waals surface area (Å²) >= 11 is 0. The Labute approximate surface area is 78.8 Å².